The third kappa shape index (κ3) is 2.90. The van der Waals surface area contributed by atoms with E-state index in [9.17, 15) is 4.79 Å². The molecule has 0 radical (unpaired) electrons. The van der Waals surface area contributed by atoms with Gasteiger partial charge < -0.3 is 4.43 Å². The molecule has 3 fully saturated rings. The third-order valence-corrected chi connectivity index (χ3v) is 9.42. The van der Waals surface area contributed by atoms with Crippen LogP contribution in [-0.2, 0) is 9.22 Å². The zero-order valence-corrected chi connectivity index (χ0v) is 18.6. The highest BCUT2D eigenvalue weighted by Gasteiger charge is 2.65. The lowest BCUT2D eigenvalue weighted by atomic mass is 9.49. The molecule has 0 spiro atoms. The maximum atomic E-state index is 11.9. The first-order chi connectivity index (χ1) is 12.8. The number of fused-ring (bicyclic) bond motifs is 5. The average molecular weight is 385 g/mol. The van der Waals surface area contributed by atoms with Crippen LogP contribution >= 0.6 is 0 Å². The number of carbonyl (C=O) groups is 1. The summed E-state index contributed by atoms with van der Waals surface area (Å²) in [6, 6.07) is 0. The van der Waals surface area contributed by atoms with Gasteiger partial charge in [-0.05, 0) is 101 Å². The highest BCUT2D eigenvalue weighted by atomic mass is 28.4. The zero-order valence-electron chi connectivity index (χ0n) is 17.6. The van der Waals surface area contributed by atoms with Crippen molar-refractivity contribution in [2.45, 2.75) is 90.0 Å². The molecule has 3 saturated carbocycles. The van der Waals surface area contributed by atoms with E-state index >= 15 is 0 Å². The number of hydrogen-bond donors (Lipinski definition) is 0. The molecule has 0 amide bonds. The summed E-state index contributed by atoms with van der Waals surface area (Å²) in [5.74, 6) is 6.50. The van der Waals surface area contributed by atoms with E-state index in [0.29, 0.717) is 17.6 Å². The van der Waals surface area contributed by atoms with E-state index in [1.165, 1.54) is 31.3 Å². The van der Waals surface area contributed by atoms with Crippen LogP contribution in [0.4, 0.5) is 0 Å². The van der Waals surface area contributed by atoms with E-state index in [-0.39, 0.29) is 11.0 Å². The van der Waals surface area contributed by atoms with Crippen LogP contribution in [0.1, 0.15) is 64.7 Å². The van der Waals surface area contributed by atoms with Gasteiger partial charge in [0.05, 0.1) is 0 Å². The predicted molar refractivity (Wildman–Crippen MR) is 113 cm³/mol. The van der Waals surface area contributed by atoms with Gasteiger partial charge in [0.25, 0.3) is 0 Å². The quantitative estimate of drug-likeness (QED) is 0.458. The summed E-state index contributed by atoms with van der Waals surface area (Å²) < 4.78 is 6.85. The highest BCUT2D eigenvalue weighted by molar-refractivity contribution is 6.69. The first-order valence-corrected chi connectivity index (χ1v) is 14.6. The van der Waals surface area contributed by atoms with Gasteiger partial charge in [-0.3, -0.25) is 4.79 Å². The fourth-order valence-corrected chi connectivity index (χ4v) is 9.05. The molecule has 0 bridgehead atoms. The maximum Gasteiger partial charge on any atom is 0.185 e. The van der Waals surface area contributed by atoms with E-state index in [2.05, 4.69) is 32.5 Å². The summed E-state index contributed by atoms with van der Waals surface area (Å²) in [6.07, 6.45) is 18.4. The van der Waals surface area contributed by atoms with Crippen LogP contribution in [0.3, 0.4) is 0 Å². The number of carbonyl (C=O) groups excluding carboxylic acids is 1. The van der Waals surface area contributed by atoms with Crippen LogP contribution in [-0.4, -0.2) is 19.7 Å². The summed E-state index contributed by atoms with van der Waals surface area (Å²) in [5.41, 5.74) is 1.28. The van der Waals surface area contributed by atoms with Crippen LogP contribution in [0.25, 0.3) is 0 Å². The van der Waals surface area contributed by atoms with E-state index in [1.54, 1.807) is 0 Å². The van der Waals surface area contributed by atoms with Gasteiger partial charge in [0.15, 0.2) is 14.1 Å². The zero-order chi connectivity index (χ0) is 19.4. The lowest BCUT2D eigenvalue weighted by molar-refractivity contribution is -0.116. The SMILES string of the molecule is C#C[C@]1(O[Si](C)(C)C)CC[C@H]2[C@@H]3CCC4=CC(=O)CC[C@@H]4[C@H]3CC[C@@]21CC. The third-order valence-electron chi connectivity index (χ3n) is 8.46. The summed E-state index contributed by atoms with van der Waals surface area (Å²) in [4.78, 5) is 11.9. The normalized spacial score (nSPS) is 44.0. The molecule has 4 aliphatic carbocycles. The molecule has 0 aromatic carbocycles. The van der Waals surface area contributed by atoms with Gasteiger partial charge >= 0.3 is 0 Å². The lowest BCUT2D eigenvalue weighted by Gasteiger charge is -2.57. The molecule has 0 N–H and O–H groups in total. The summed E-state index contributed by atoms with van der Waals surface area (Å²) >= 11 is 0. The second-order valence-corrected chi connectivity index (χ2v) is 15.0. The first-order valence-electron chi connectivity index (χ1n) is 11.2. The largest absolute Gasteiger partial charge is 0.401 e. The molecule has 4 rings (SSSR count). The predicted octanol–water partition coefficient (Wildman–Crippen LogP) is 5.74. The Bertz CT molecular complexity index is 696. The van der Waals surface area contributed by atoms with Crippen LogP contribution in [0.15, 0.2) is 11.6 Å². The molecule has 0 unspecified atom stereocenters. The molecule has 3 heteroatoms. The van der Waals surface area contributed by atoms with E-state index < -0.39 is 8.32 Å². The van der Waals surface area contributed by atoms with Crippen LogP contribution in [0.2, 0.25) is 19.6 Å². The Balaban J connectivity index is 1.67. The Morgan fingerprint density at radius 1 is 1.15 bits per heavy atom. The molecule has 0 aromatic rings. The van der Waals surface area contributed by atoms with Crippen molar-refractivity contribution in [3.63, 3.8) is 0 Å². The van der Waals surface area contributed by atoms with Crippen LogP contribution < -0.4 is 0 Å². The second-order valence-electron chi connectivity index (χ2n) is 10.6. The minimum Gasteiger partial charge on any atom is -0.401 e. The fourth-order valence-electron chi connectivity index (χ4n) is 7.64. The van der Waals surface area contributed by atoms with E-state index in [1.807, 2.05) is 6.08 Å². The number of terminal acetylenes is 1. The lowest BCUT2D eigenvalue weighted by Crippen LogP contribution is -2.57. The van der Waals surface area contributed by atoms with Crippen molar-refractivity contribution in [1.29, 1.82) is 0 Å². The van der Waals surface area contributed by atoms with Gasteiger partial charge in [-0.25, -0.2) is 0 Å². The molecule has 2 nitrogen and oxygen atoms in total. The van der Waals surface area contributed by atoms with Gasteiger partial charge in [0.1, 0.15) is 5.60 Å². The second kappa shape index (κ2) is 6.60. The molecule has 0 aliphatic heterocycles. The topological polar surface area (TPSA) is 26.3 Å². The number of hydrogen-bond acceptors (Lipinski definition) is 2. The highest BCUT2D eigenvalue weighted by Crippen LogP contribution is 2.67. The first kappa shape index (κ1) is 19.5. The number of ketones is 1. The number of rotatable bonds is 3. The summed E-state index contributed by atoms with van der Waals surface area (Å²) in [5, 5.41) is 0. The molecule has 0 saturated heterocycles. The van der Waals surface area contributed by atoms with E-state index in [0.717, 1.165) is 43.9 Å². The minimum absolute atomic E-state index is 0.162. The summed E-state index contributed by atoms with van der Waals surface area (Å²) in [7, 11) is -1.72. The maximum absolute atomic E-state index is 11.9. The molecule has 0 aromatic heterocycles. The Hall–Kier alpha value is -0.853. The average Bonchev–Trinajstić information content (AvgIpc) is 2.94. The Labute approximate surface area is 166 Å². The van der Waals surface area contributed by atoms with Crippen molar-refractivity contribution < 1.29 is 9.22 Å². The molecular formula is C24H36O2Si. The van der Waals surface area contributed by atoms with Gasteiger partial charge in [0, 0.05) is 11.8 Å². The van der Waals surface area contributed by atoms with Crippen molar-refractivity contribution in [1.82, 2.24) is 0 Å². The van der Waals surface area contributed by atoms with E-state index in [4.69, 9.17) is 10.8 Å². The van der Waals surface area contributed by atoms with Crippen molar-refractivity contribution in [3.8, 4) is 12.3 Å². The van der Waals surface area contributed by atoms with Gasteiger partial charge in [0.2, 0.25) is 0 Å². The number of allylic oxidation sites excluding steroid dienone is 1. The monoisotopic (exact) mass is 384 g/mol. The van der Waals surface area contributed by atoms with Gasteiger partial charge in [-0.15, -0.1) is 6.42 Å². The standard InChI is InChI=1S/C24H36O2Si/c1-6-23-14-12-20-19-11-9-18(25)16-17(19)8-10-21(20)22(23)13-15-24(23,7-2)26-27(3,4)5/h2,16,19-22H,6,8-15H2,1,3-5H3/t19-,20+,21+,22-,23-,24-/m0/s1. The fraction of sp³-hybridized carbons (Fsp3) is 0.792. The Morgan fingerprint density at radius 3 is 2.59 bits per heavy atom. The molecule has 148 valence electrons. The van der Waals surface area contributed by atoms with Crippen molar-refractivity contribution >= 4 is 14.1 Å². The molecule has 27 heavy (non-hydrogen) atoms. The summed E-state index contributed by atoms with van der Waals surface area (Å²) in [6.45, 7) is 9.20. The smallest absolute Gasteiger partial charge is 0.185 e. The van der Waals surface area contributed by atoms with Gasteiger partial charge in [-0.2, -0.15) is 0 Å². The van der Waals surface area contributed by atoms with Crippen LogP contribution in [0.5, 0.6) is 0 Å². The molecule has 0 heterocycles. The molecule has 6 atom stereocenters. The Kier molecular flexibility index (Phi) is 4.75. The molecule has 4 aliphatic rings. The van der Waals surface area contributed by atoms with Crippen LogP contribution in [0, 0.1) is 41.4 Å². The molecular weight excluding hydrogens is 348 g/mol. The minimum atomic E-state index is -1.72. The van der Waals surface area contributed by atoms with Crippen molar-refractivity contribution in [2.24, 2.45) is 29.1 Å². The van der Waals surface area contributed by atoms with Crippen molar-refractivity contribution in [2.75, 3.05) is 0 Å². The Morgan fingerprint density at radius 2 is 1.93 bits per heavy atom. The van der Waals surface area contributed by atoms with Crippen molar-refractivity contribution in [3.05, 3.63) is 11.6 Å². The van der Waals surface area contributed by atoms with Gasteiger partial charge in [-0.1, -0.05) is 18.4 Å².